The standard InChI is InChI=1S/C22H27BrN2O4S/c1-15(2)21(16-6-8-17(29-3)9-7-16)24-22(26)19-14-18(10-11-20(19)23)30(27,28)25-12-4-5-13-25/h6-11,14-15,21H,4-5,12-13H2,1-3H3,(H,24,26). The molecule has 1 heterocycles. The third-order valence-electron chi connectivity index (χ3n) is 5.31. The molecule has 3 rings (SSSR count). The Morgan fingerprint density at radius 1 is 1.10 bits per heavy atom. The second-order valence-electron chi connectivity index (χ2n) is 7.72. The largest absolute Gasteiger partial charge is 0.497 e. The zero-order valence-electron chi connectivity index (χ0n) is 17.4. The van der Waals surface area contributed by atoms with E-state index in [9.17, 15) is 13.2 Å². The average molecular weight is 495 g/mol. The number of rotatable bonds is 7. The zero-order chi connectivity index (χ0) is 21.9. The van der Waals surface area contributed by atoms with E-state index in [2.05, 4.69) is 21.2 Å². The summed E-state index contributed by atoms with van der Waals surface area (Å²) in [6.07, 6.45) is 1.72. The van der Waals surface area contributed by atoms with E-state index in [1.54, 1.807) is 13.2 Å². The molecule has 0 aromatic heterocycles. The topological polar surface area (TPSA) is 75.7 Å². The summed E-state index contributed by atoms with van der Waals surface area (Å²) in [5, 5.41) is 3.06. The van der Waals surface area contributed by atoms with E-state index in [1.807, 2.05) is 38.1 Å². The maximum absolute atomic E-state index is 13.1. The maximum Gasteiger partial charge on any atom is 0.252 e. The number of hydrogen-bond donors (Lipinski definition) is 1. The van der Waals surface area contributed by atoms with Gasteiger partial charge in [0, 0.05) is 17.6 Å². The number of halogens is 1. The monoisotopic (exact) mass is 494 g/mol. The van der Waals surface area contributed by atoms with Gasteiger partial charge in [0.15, 0.2) is 0 Å². The molecule has 0 aliphatic carbocycles. The Balaban J connectivity index is 1.87. The number of benzene rings is 2. The Bertz CT molecular complexity index is 1000. The highest BCUT2D eigenvalue weighted by Gasteiger charge is 2.29. The minimum atomic E-state index is -3.60. The van der Waals surface area contributed by atoms with Crippen molar-refractivity contribution in [2.24, 2.45) is 5.92 Å². The van der Waals surface area contributed by atoms with Crippen molar-refractivity contribution < 1.29 is 17.9 Å². The molecule has 1 N–H and O–H groups in total. The van der Waals surface area contributed by atoms with E-state index in [1.165, 1.54) is 16.4 Å². The van der Waals surface area contributed by atoms with Crippen LogP contribution in [0.25, 0.3) is 0 Å². The van der Waals surface area contributed by atoms with Crippen molar-refractivity contribution in [1.29, 1.82) is 0 Å². The lowest BCUT2D eigenvalue weighted by Crippen LogP contribution is -2.32. The second-order valence-corrected chi connectivity index (χ2v) is 10.5. The van der Waals surface area contributed by atoms with Crippen LogP contribution in [0.2, 0.25) is 0 Å². The molecule has 8 heteroatoms. The predicted molar refractivity (Wildman–Crippen MR) is 120 cm³/mol. The summed E-state index contributed by atoms with van der Waals surface area (Å²) in [4.78, 5) is 13.2. The van der Waals surface area contributed by atoms with E-state index in [-0.39, 0.29) is 22.8 Å². The number of carbonyl (C=O) groups excluding carboxylic acids is 1. The van der Waals surface area contributed by atoms with Crippen molar-refractivity contribution in [1.82, 2.24) is 9.62 Å². The molecule has 0 saturated carbocycles. The van der Waals surface area contributed by atoms with Crippen molar-refractivity contribution in [3.8, 4) is 5.75 Å². The summed E-state index contributed by atoms with van der Waals surface area (Å²) in [5.74, 6) is 0.558. The number of hydrogen-bond acceptors (Lipinski definition) is 4. The summed E-state index contributed by atoms with van der Waals surface area (Å²) in [5.41, 5.74) is 1.26. The lowest BCUT2D eigenvalue weighted by molar-refractivity contribution is 0.0924. The first kappa shape index (κ1) is 22.8. The van der Waals surface area contributed by atoms with Gasteiger partial charge in [-0.25, -0.2) is 8.42 Å². The van der Waals surface area contributed by atoms with Gasteiger partial charge in [-0.15, -0.1) is 0 Å². The molecular weight excluding hydrogens is 468 g/mol. The van der Waals surface area contributed by atoms with Gasteiger partial charge in [0.2, 0.25) is 10.0 Å². The van der Waals surface area contributed by atoms with Gasteiger partial charge in [-0.3, -0.25) is 4.79 Å². The van der Waals surface area contributed by atoms with Crippen molar-refractivity contribution in [2.45, 2.75) is 37.6 Å². The van der Waals surface area contributed by atoms with Crippen LogP contribution in [-0.2, 0) is 10.0 Å². The molecule has 1 aliphatic rings. The van der Waals surface area contributed by atoms with Gasteiger partial charge in [0.05, 0.1) is 23.6 Å². The molecule has 6 nitrogen and oxygen atoms in total. The van der Waals surface area contributed by atoms with Crippen LogP contribution in [0.5, 0.6) is 5.75 Å². The second kappa shape index (κ2) is 9.49. The fraction of sp³-hybridized carbons (Fsp3) is 0.409. The Labute approximate surface area is 186 Å². The lowest BCUT2D eigenvalue weighted by Gasteiger charge is -2.24. The van der Waals surface area contributed by atoms with E-state index < -0.39 is 10.0 Å². The molecule has 1 aliphatic heterocycles. The highest BCUT2D eigenvalue weighted by molar-refractivity contribution is 9.10. The van der Waals surface area contributed by atoms with E-state index in [0.29, 0.717) is 23.1 Å². The van der Waals surface area contributed by atoms with Crippen molar-refractivity contribution in [2.75, 3.05) is 20.2 Å². The predicted octanol–water partition coefficient (Wildman–Crippen LogP) is 4.37. The number of nitrogens with one attached hydrogen (secondary N) is 1. The first-order valence-electron chi connectivity index (χ1n) is 9.98. The highest BCUT2D eigenvalue weighted by Crippen LogP contribution is 2.28. The van der Waals surface area contributed by atoms with E-state index in [4.69, 9.17) is 4.74 Å². The van der Waals surface area contributed by atoms with Crippen molar-refractivity contribution in [3.05, 3.63) is 58.1 Å². The Kier molecular flexibility index (Phi) is 7.21. The van der Waals surface area contributed by atoms with Gasteiger partial charge in [-0.2, -0.15) is 4.31 Å². The Morgan fingerprint density at radius 3 is 2.30 bits per heavy atom. The van der Waals surface area contributed by atoms with E-state index in [0.717, 1.165) is 24.2 Å². The van der Waals surface area contributed by atoms with Gasteiger partial charge in [-0.1, -0.05) is 26.0 Å². The molecule has 1 fully saturated rings. The molecule has 1 atom stereocenters. The molecular formula is C22H27BrN2O4S. The third-order valence-corrected chi connectivity index (χ3v) is 7.90. The van der Waals surface area contributed by atoms with E-state index >= 15 is 0 Å². The minimum Gasteiger partial charge on any atom is -0.497 e. The fourth-order valence-electron chi connectivity index (χ4n) is 3.58. The number of methoxy groups -OCH3 is 1. The van der Waals surface area contributed by atoms with Crippen LogP contribution >= 0.6 is 15.9 Å². The summed E-state index contributed by atoms with van der Waals surface area (Å²) in [6, 6.07) is 12.0. The van der Waals surface area contributed by atoms with Gasteiger partial charge in [-0.05, 0) is 70.6 Å². The molecule has 2 aromatic rings. The number of carbonyl (C=O) groups is 1. The number of sulfonamides is 1. The van der Waals surface area contributed by atoms with Crippen LogP contribution in [0.4, 0.5) is 0 Å². The van der Waals surface area contributed by atoms with Crippen LogP contribution in [0.15, 0.2) is 51.8 Å². The summed E-state index contributed by atoms with van der Waals surface area (Å²) in [7, 11) is -1.99. The number of nitrogens with zero attached hydrogens (tertiary/aromatic N) is 1. The molecule has 0 bridgehead atoms. The summed E-state index contributed by atoms with van der Waals surface area (Å²) in [6.45, 7) is 5.09. The SMILES string of the molecule is COc1ccc(C(NC(=O)c2cc(S(=O)(=O)N3CCCC3)ccc2Br)C(C)C)cc1. The fourth-order valence-corrected chi connectivity index (χ4v) is 5.55. The maximum atomic E-state index is 13.1. The molecule has 2 aromatic carbocycles. The first-order valence-corrected chi connectivity index (χ1v) is 12.2. The average Bonchev–Trinajstić information content (AvgIpc) is 3.28. The van der Waals surface area contributed by atoms with Crippen molar-refractivity contribution in [3.63, 3.8) is 0 Å². The van der Waals surface area contributed by atoms with Crippen LogP contribution in [0.1, 0.15) is 48.7 Å². The quantitative estimate of drug-likeness (QED) is 0.619. The molecule has 1 saturated heterocycles. The normalized spacial score (nSPS) is 15.9. The van der Waals surface area contributed by atoms with Gasteiger partial charge >= 0.3 is 0 Å². The Morgan fingerprint density at radius 2 is 1.73 bits per heavy atom. The highest BCUT2D eigenvalue weighted by atomic mass is 79.9. The van der Waals surface area contributed by atoms with Crippen molar-refractivity contribution >= 4 is 31.9 Å². The third kappa shape index (κ3) is 4.87. The zero-order valence-corrected chi connectivity index (χ0v) is 19.8. The van der Waals surface area contributed by atoms with Crippen LogP contribution in [0.3, 0.4) is 0 Å². The summed E-state index contributed by atoms with van der Waals surface area (Å²) >= 11 is 3.40. The van der Waals surface area contributed by atoms with Gasteiger partial charge in [0.25, 0.3) is 5.91 Å². The van der Waals surface area contributed by atoms with Crippen LogP contribution in [-0.4, -0.2) is 38.8 Å². The summed E-state index contributed by atoms with van der Waals surface area (Å²) < 4.78 is 33.0. The molecule has 0 radical (unpaired) electrons. The lowest BCUT2D eigenvalue weighted by atomic mass is 9.95. The molecule has 1 unspecified atom stereocenters. The molecule has 162 valence electrons. The molecule has 1 amide bonds. The smallest absolute Gasteiger partial charge is 0.252 e. The molecule has 30 heavy (non-hydrogen) atoms. The first-order chi connectivity index (χ1) is 14.2. The Hall–Kier alpha value is -1.90. The van der Waals surface area contributed by atoms with Crippen LogP contribution < -0.4 is 10.1 Å². The van der Waals surface area contributed by atoms with Gasteiger partial charge < -0.3 is 10.1 Å². The minimum absolute atomic E-state index is 0.137. The van der Waals surface area contributed by atoms with Crippen LogP contribution in [0, 0.1) is 5.92 Å². The number of amides is 1. The molecule has 0 spiro atoms. The van der Waals surface area contributed by atoms with Gasteiger partial charge in [0.1, 0.15) is 5.75 Å². The number of ether oxygens (including phenoxy) is 1.